The number of ether oxygens (including phenoxy) is 1. The summed E-state index contributed by atoms with van der Waals surface area (Å²) >= 11 is 0. The topological polar surface area (TPSA) is 87.7 Å². The molecule has 0 aliphatic heterocycles. The van der Waals surface area contributed by atoms with Crippen LogP contribution in [0.3, 0.4) is 0 Å². The number of carbonyl (C=O) groups is 2. The molecule has 0 unspecified atom stereocenters. The smallest absolute Gasteiger partial charge is 0.411 e. The number of nitrogens with one attached hydrogen (secondary N) is 2. The molecule has 0 radical (unpaired) electrons. The Morgan fingerprint density at radius 3 is 1.92 bits per heavy atom. The first-order chi connectivity index (χ1) is 12.1. The van der Waals surface area contributed by atoms with Crippen LogP contribution < -0.4 is 10.6 Å². The van der Waals surface area contributed by atoms with Gasteiger partial charge in [0.2, 0.25) is 0 Å². The Bertz CT molecular complexity index is 696. The molecule has 0 atom stereocenters. The van der Waals surface area contributed by atoms with Gasteiger partial charge < -0.3 is 9.84 Å². The molecule has 2 aromatic carbocycles. The lowest BCUT2D eigenvalue weighted by Gasteiger charge is -2.08. The quantitative estimate of drug-likeness (QED) is 0.636. The molecule has 0 aliphatic carbocycles. The molecular formula is C19H22N2O4. The molecule has 3 N–H and O–H groups in total. The predicted molar refractivity (Wildman–Crippen MR) is 97.2 cm³/mol. The van der Waals surface area contributed by atoms with Gasteiger partial charge in [-0.3, -0.25) is 10.6 Å². The zero-order chi connectivity index (χ0) is 18.1. The van der Waals surface area contributed by atoms with Gasteiger partial charge in [-0.1, -0.05) is 37.6 Å². The molecular weight excluding hydrogens is 320 g/mol. The highest BCUT2D eigenvalue weighted by Gasteiger charge is 2.04. The van der Waals surface area contributed by atoms with Crippen LogP contribution in [0.25, 0.3) is 0 Å². The Morgan fingerprint density at radius 1 is 0.920 bits per heavy atom. The number of carbonyl (C=O) groups excluding carboxylic acids is 1. The van der Waals surface area contributed by atoms with E-state index in [-0.39, 0.29) is 0 Å². The number of hydrogen-bond donors (Lipinski definition) is 3. The van der Waals surface area contributed by atoms with Gasteiger partial charge in [-0.2, -0.15) is 0 Å². The van der Waals surface area contributed by atoms with Crippen molar-refractivity contribution >= 4 is 23.6 Å². The highest BCUT2D eigenvalue weighted by atomic mass is 16.5. The minimum absolute atomic E-state index is 0.424. The summed E-state index contributed by atoms with van der Waals surface area (Å²) < 4.78 is 5.05. The molecule has 6 nitrogen and oxygen atoms in total. The number of benzene rings is 2. The Morgan fingerprint density at radius 2 is 1.44 bits per heavy atom. The Kier molecular flexibility index (Phi) is 6.83. The van der Waals surface area contributed by atoms with Crippen molar-refractivity contribution in [3.8, 4) is 0 Å². The lowest BCUT2D eigenvalue weighted by Crippen LogP contribution is -2.14. The maximum absolute atomic E-state index is 11.6. The normalized spacial score (nSPS) is 10.1. The van der Waals surface area contributed by atoms with Crippen LogP contribution in [0.4, 0.5) is 21.0 Å². The van der Waals surface area contributed by atoms with Gasteiger partial charge in [-0.15, -0.1) is 0 Å². The molecule has 0 fully saturated rings. The van der Waals surface area contributed by atoms with Crippen molar-refractivity contribution in [1.82, 2.24) is 0 Å². The first-order valence-corrected chi connectivity index (χ1v) is 8.18. The van der Waals surface area contributed by atoms with Gasteiger partial charge in [0.15, 0.2) is 0 Å². The molecule has 0 saturated heterocycles. The summed E-state index contributed by atoms with van der Waals surface area (Å²) in [6, 6.07) is 14.7. The molecule has 132 valence electrons. The molecule has 2 aromatic rings. The predicted octanol–water partition coefficient (Wildman–Crippen LogP) is 4.72. The lowest BCUT2D eigenvalue weighted by atomic mass is 10.0. The van der Waals surface area contributed by atoms with Gasteiger partial charge in [-0.05, 0) is 48.2 Å². The van der Waals surface area contributed by atoms with Crippen LogP contribution in [-0.2, 0) is 11.2 Å². The summed E-state index contributed by atoms with van der Waals surface area (Å²) in [5, 5.41) is 13.7. The Labute approximate surface area is 146 Å². The number of carboxylic acid groups (broad SMARTS) is 1. The van der Waals surface area contributed by atoms with E-state index < -0.39 is 12.2 Å². The van der Waals surface area contributed by atoms with E-state index in [9.17, 15) is 9.59 Å². The van der Waals surface area contributed by atoms with Crippen LogP contribution in [-0.4, -0.2) is 23.9 Å². The van der Waals surface area contributed by atoms with E-state index in [0.29, 0.717) is 24.4 Å². The second-order valence-corrected chi connectivity index (χ2v) is 5.62. The van der Waals surface area contributed by atoms with Crippen molar-refractivity contribution in [3.63, 3.8) is 0 Å². The third kappa shape index (κ3) is 6.55. The van der Waals surface area contributed by atoms with E-state index in [0.717, 1.165) is 24.0 Å². The average molecular weight is 342 g/mol. The average Bonchev–Trinajstić information content (AvgIpc) is 2.58. The van der Waals surface area contributed by atoms with Crippen molar-refractivity contribution in [1.29, 1.82) is 0 Å². The Hall–Kier alpha value is -3.02. The van der Waals surface area contributed by atoms with Gasteiger partial charge in [0.05, 0.1) is 6.61 Å². The number of anilines is 2. The zero-order valence-electron chi connectivity index (χ0n) is 14.1. The number of hydrogen-bond acceptors (Lipinski definition) is 3. The third-order valence-corrected chi connectivity index (χ3v) is 3.54. The van der Waals surface area contributed by atoms with Crippen LogP contribution in [0.1, 0.15) is 30.9 Å². The van der Waals surface area contributed by atoms with Crippen molar-refractivity contribution in [2.24, 2.45) is 0 Å². The van der Waals surface area contributed by atoms with Gasteiger partial charge in [-0.25, -0.2) is 9.59 Å². The summed E-state index contributed by atoms with van der Waals surface area (Å²) in [4.78, 5) is 22.2. The highest BCUT2D eigenvalue weighted by Crippen LogP contribution is 2.16. The van der Waals surface area contributed by atoms with Crippen LogP contribution in [0, 0.1) is 0 Å². The molecule has 0 saturated carbocycles. The molecule has 25 heavy (non-hydrogen) atoms. The third-order valence-electron chi connectivity index (χ3n) is 3.54. The van der Waals surface area contributed by atoms with E-state index in [1.165, 1.54) is 0 Å². The maximum atomic E-state index is 11.6. The van der Waals surface area contributed by atoms with Gasteiger partial charge >= 0.3 is 12.2 Å². The second-order valence-electron chi connectivity index (χ2n) is 5.62. The summed E-state index contributed by atoms with van der Waals surface area (Å²) in [5.41, 5.74) is 3.38. The van der Waals surface area contributed by atoms with Crippen molar-refractivity contribution < 1.29 is 19.4 Å². The molecule has 0 spiro atoms. The summed E-state index contributed by atoms with van der Waals surface area (Å²) in [6.45, 7) is 2.46. The molecule has 2 amide bonds. The van der Waals surface area contributed by atoms with E-state index in [4.69, 9.17) is 9.84 Å². The van der Waals surface area contributed by atoms with Crippen molar-refractivity contribution in [3.05, 3.63) is 59.7 Å². The summed E-state index contributed by atoms with van der Waals surface area (Å²) in [7, 11) is 0. The van der Waals surface area contributed by atoms with E-state index in [2.05, 4.69) is 10.6 Å². The fourth-order valence-corrected chi connectivity index (χ4v) is 2.23. The molecule has 0 aromatic heterocycles. The molecule has 0 heterocycles. The van der Waals surface area contributed by atoms with Crippen molar-refractivity contribution in [2.75, 3.05) is 17.2 Å². The number of rotatable bonds is 7. The molecule has 0 aliphatic rings. The fourth-order valence-electron chi connectivity index (χ4n) is 2.23. The monoisotopic (exact) mass is 342 g/mol. The largest absolute Gasteiger partial charge is 0.465 e. The summed E-state index contributed by atoms with van der Waals surface area (Å²) in [6.07, 6.45) is 1.03. The highest BCUT2D eigenvalue weighted by molar-refractivity contribution is 5.84. The minimum atomic E-state index is -1.08. The van der Waals surface area contributed by atoms with Crippen LogP contribution >= 0.6 is 0 Å². The van der Waals surface area contributed by atoms with Crippen LogP contribution in [0.2, 0.25) is 0 Å². The maximum Gasteiger partial charge on any atom is 0.411 e. The zero-order valence-corrected chi connectivity index (χ0v) is 14.1. The molecule has 2 rings (SSSR count). The van der Waals surface area contributed by atoms with Crippen LogP contribution in [0.5, 0.6) is 0 Å². The minimum Gasteiger partial charge on any atom is -0.465 e. The SMILES string of the molecule is CCCCOC(=O)Nc1ccc(Cc2ccc(NC(=O)O)cc2)cc1. The number of unbranched alkanes of at least 4 members (excludes halogenated alkanes) is 1. The van der Waals surface area contributed by atoms with Crippen molar-refractivity contribution in [2.45, 2.75) is 26.2 Å². The van der Waals surface area contributed by atoms with E-state index in [1.807, 2.05) is 43.3 Å². The first kappa shape index (κ1) is 18.3. The Balaban J connectivity index is 1.87. The van der Waals surface area contributed by atoms with E-state index >= 15 is 0 Å². The summed E-state index contributed by atoms with van der Waals surface area (Å²) in [5.74, 6) is 0. The van der Waals surface area contributed by atoms with Gasteiger partial charge in [0, 0.05) is 11.4 Å². The van der Waals surface area contributed by atoms with Crippen LogP contribution in [0.15, 0.2) is 48.5 Å². The van der Waals surface area contributed by atoms with Gasteiger partial charge in [0.1, 0.15) is 0 Å². The van der Waals surface area contributed by atoms with Gasteiger partial charge in [0.25, 0.3) is 0 Å². The fraction of sp³-hybridized carbons (Fsp3) is 0.263. The lowest BCUT2D eigenvalue weighted by molar-refractivity contribution is 0.160. The second kappa shape index (κ2) is 9.32. The number of amides is 2. The standard InChI is InChI=1S/C19H22N2O4/c1-2-3-12-25-19(24)21-17-10-6-15(7-11-17)13-14-4-8-16(9-5-14)20-18(22)23/h4-11,20H,2-3,12-13H2,1H3,(H,21,24)(H,22,23). The van der Waals surface area contributed by atoms with E-state index in [1.54, 1.807) is 12.1 Å². The first-order valence-electron chi connectivity index (χ1n) is 8.18. The molecule has 0 bridgehead atoms. The molecule has 6 heteroatoms.